The van der Waals surface area contributed by atoms with E-state index in [0.29, 0.717) is 12.8 Å². The quantitative estimate of drug-likeness (QED) is 0.299. The Balaban J connectivity index is 5.64. The van der Waals surface area contributed by atoms with Crippen LogP contribution in [0.5, 0.6) is 0 Å². The van der Waals surface area contributed by atoms with Gasteiger partial charge in [-0.2, -0.15) is 8.42 Å². The fourth-order valence-corrected chi connectivity index (χ4v) is 3.62. The fraction of sp³-hybridized carbons (Fsp3) is 0.619. The lowest BCUT2D eigenvalue weighted by atomic mass is 9.79. The van der Waals surface area contributed by atoms with E-state index in [1.54, 1.807) is 12.2 Å². The van der Waals surface area contributed by atoms with Gasteiger partial charge in [-0.3, -0.25) is 4.18 Å². The fourth-order valence-electron chi connectivity index (χ4n) is 2.32. The first-order chi connectivity index (χ1) is 11.5. The van der Waals surface area contributed by atoms with Crippen molar-refractivity contribution < 1.29 is 12.6 Å². The van der Waals surface area contributed by atoms with Gasteiger partial charge in [0.15, 0.2) is 0 Å². The highest BCUT2D eigenvalue weighted by molar-refractivity contribution is 7.91. The van der Waals surface area contributed by atoms with Gasteiger partial charge < -0.3 is 0 Å². The Bertz CT molecular complexity index is 601. The molecule has 0 radical (unpaired) electrons. The molecule has 25 heavy (non-hydrogen) atoms. The third-order valence-corrected chi connectivity index (χ3v) is 6.86. The Morgan fingerprint density at radius 1 is 0.920 bits per heavy atom. The van der Waals surface area contributed by atoms with E-state index in [9.17, 15) is 8.42 Å². The Labute approximate surface area is 155 Å². The molecule has 0 aliphatic heterocycles. The van der Waals surface area contributed by atoms with Crippen molar-refractivity contribution in [1.29, 1.82) is 0 Å². The molecule has 144 valence electrons. The third kappa shape index (κ3) is 7.33. The van der Waals surface area contributed by atoms with Crippen LogP contribution in [-0.2, 0) is 14.3 Å². The highest BCUT2D eigenvalue weighted by Crippen LogP contribution is 2.33. The Morgan fingerprint density at radius 2 is 1.44 bits per heavy atom. The molecule has 0 aromatic carbocycles. The average Bonchev–Trinajstić information content (AvgIpc) is 2.60. The van der Waals surface area contributed by atoms with Crippen molar-refractivity contribution in [3.63, 3.8) is 0 Å². The second-order valence-corrected chi connectivity index (χ2v) is 8.65. The molecule has 0 heterocycles. The molecular formula is C21H36O3S. The largest absolute Gasteiger partial charge is 0.297 e. The SMILES string of the molecule is C=C/C(=C\C=C(/C=C)S(=O)(=O)OC(C)(CC)CC)CC(C)(CC)CC. The average molecular weight is 369 g/mol. The van der Waals surface area contributed by atoms with Gasteiger partial charge in [0, 0.05) is 0 Å². The number of allylic oxidation sites excluding steroid dienone is 5. The zero-order chi connectivity index (χ0) is 19.7. The van der Waals surface area contributed by atoms with E-state index < -0.39 is 15.7 Å². The van der Waals surface area contributed by atoms with Gasteiger partial charge in [0.05, 0.1) is 10.5 Å². The number of rotatable bonds is 12. The Kier molecular flexibility index (Phi) is 9.67. The summed E-state index contributed by atoms with van der Waals surface area (Å²) in [6, 6.07) is 0. The summed E-state index contributed by atoms with van der Waals surface area (Å²) >= 11 is 0. The standard InChI is InChI=1S/C21H36O3S/c1-9-18(17-20(7,11-3)12-4)15-16-19(10-2)25(22,23)24-21(8,13-5)14-6/h9-10,15-16H,1-2,11-14,17H2,3-8H3/b18-15+,19-16+. The predicted octanol–water partition coefficient (Wildman–Crippen LogP) is 6.31. The van der Waals surface area contributed by atoms with Gasteiger partial charge in [0.1, 0.15) is 0 Å². The Morgan fingerprint density at radius 3 is 1.80 bits per heavy atom. The van der Waals surface area contributed by atoms with Gasteiger partial charge >= 0.3 is 0 Å². The molecule has 0 aliphatic carbocycles. The van der Waals surface area contributed by atoms with E-state index >= 15 is 0 Å². The molecule has 0 N–H and O–H groups in total. The van der Waals surface area contributed by atoms with Crippen LogP contribution in [0.2, 0.25) is 0 Å². The van der Waals surface area contributed by atoms with Crippen LogP contribution in [0.3, 0.4) is 0 Å². The van der Waals surface area contributed by atoms with E-state index in [-0.39, 0.29) is 10.3 Å². The van der Waals surface area contributed by atoms with Gasteiger partial charge in [-0.1, -0.05) is 72.8 Å². The molecule has 0 spiro atoms. The van der Waals surface area contributed by atoms with Crippen molar-refractivity contribution in [3.05, 3.63) is 47.9 Å². The highest BCUT2D eigenvalue weighted by atomic mass is 32.2. The smallest absolute Gasteiger partial charge is 0.260 e. The maximum atomic E-state index is 12.6. The van der Waals surface area contributed by atoms with Crippen LogP contribution < -0.4 is 0 Å². The van der Waals surface area contributed by atoms with Crippen LogP contribution in [0, 0.1) is 5.41 Å². The first-order valence-corrected chi connectivity index (χ1v) is 10.6. The van der Waals surface area contributed by atoms with Gasteiger partial charge in [0.25, 0.3) is 10.1 Å². The van der Waals surface area contributed by atoms with Gasteiger partial charge in [-0.05, 0) is 49.3 Å². The molecule has 0 rings (SSSR count). The predicted molar refractivity (Wildman–Crippen MR) is 109 cm³/mol. The van der Waals surface area contributed by atoms with E-state index in [2.05, 4.69) is 33.9 Å². The van der Waals surface area contributed by atoms with Crippen molar-refractivity contribution in [2.24, 2.45) is 5.41 Å². The van der Waals surface area contributed by atoms with Crippen LogP contribution >= 0.6 is 0 Å². The summed E-state index contributed by atoms with van der Waals surface area (Å²) in [5.41, 5.74) is 0.490. The minimum Gasteiger partial charge on any atom is -0.260 e. The molecule has 0 amide bonds. The highest BCUT2D eigenvalue weighted by Gasteiger charge is 2.29. The normalized spacial score (nSPS) is 14.5. The summed E-state index contributed by atoms with van der Waals surface area (Å²) in [5, 5.41) is 0. The molecule has 0 fully saturated rings. The summed E-state index contributed by atoms with van der Waals surface area (Å²) in [6.07, 6.45) is 10.7. The van der Waals surface area contributed by atoms with Gasteiger partial charge in [-0.25, -0.2) is 0 Å². The second-order valence-electron chi connectivity index (χ2n) is 7.11. The number of hydrogen-bond acceptors (Lipinski definition) is 3. The summed E-state index contributed by atoms with van der Waals surface area (Å²) in [5.74, 6) is 0. The molecule has 0 aromatic heterocycles. The summed E-state index contributed by atoms with van der Waals surface area (Å²) in [4.78, 5) is 0.0784. The molecule has 0 saturated heterocycles. The lowest BCUT2D eigenvalue weighted by molar-refractivity contribution is 0.0902. The van der Waals surface area contributed by atoms with E-state index in [1.165, 1.54) is 6.08 Å². The molecular weight excluding hydrogens is 332 g/mol. The van der Waals surface area contributed by atoms with E-state index in [1.807, 2.05) is 26.8 Å². The van der Waals surface area contributed by atoms with Crippen LogP contribution in [0.1, 0.15) is 73.6 Å². The summed E-state index contributed by atoms with van der Waals surface area (Å²) in [7, 11) is -3.85. The molecule has 3 nitrogen and oxygen atoms in total. The minimum atomic E-state index is -3.85. The molecule has 4 heteroatoms. The van der Waals surface area contributed by atoms with Crippen LogP contribution in [0.15, 0.2) is 47.9 Å². The molecule has 0 saturated carbocycles. The van der Waals surface area contributed by atoms with Crippen molar-refractivity contribution in [2.45, 2.75) is 79.2 Å². The maximum absolute atomic E-state index is 12.6. The van der Waals surface area contributed by atoms with E-state index in [0.717, 1.165) is 24.8 Å². The van der Waals surface area contributed by atoms with Gasteiger partial charge in [0.2, 0.25) is 0 Å². The number of hydrogen-bond donors (Lipinski definition) is 0. The summed E-state index contributed by atoms with van der Waals surface area (Å²) < 4.78 is 30.6. The van der Waals surface area contributed by atoms with Crippen molar-refractivity contribution in [2.75, 3.05) is 0 Å². The van der Waals surface area contributed by atoms with Crippen LogP contribution in [0.25, 0.3) is 0 Å². The van der Waals surface area contributed by atoms with E-state index in [4.69, 9.17) is 4.18 Å². The summed E-state index contributed by atoms with van der Waals surface area (Å²) in [6.45, 7) is 19.7. The molecule has 0 aromatic rings. The Hall–Kier alpha value is -1.13. The molecule has 0 bridgehead atoms. The zero-order valence-electron chi connectivity index (χ0n) is 16.9. The van der Waals surface area contributed by atoms with Crippen molar-refractivity contribution in [3.8, 4) is 0 Å². The lowest BCUT2D eigenvalue weighted by Gasteiger charge is -2.27. The first kappa shape index (κ1) is 23.9. The van der Waals surface area contributed by atoms with Crippen molar-refractivity contribution >= 4 is 10.1 Å². The first-order valence-electron chi connectivity index (χ1n) is 9.16. The molecule has 0 atom stereocenters. The van der Waals surface area contributed by atoms with Crippen LogP contribution in [0.4, 0.5) is 0 Å². The minimum absolute atomic E-state index is 0.0784. The lowest BCUT2D eigenvalue weighted by Crippen LogP contribution is -2.30. The maximum Gasteiger partial charge on any atom is 0.297 e. The molecule has 0 aliphatic rings. The third-order valence-electron chi connectivity index (χ3n) is 5.36. The monoisotopic (exact) mass is 368 g/mol. The van der Waals surface area contributed by atoms with Crippen LogP contribution in [-0.4, -0.2) is 14.0 Å². The zero-order valence-corrected chi connectivity index (χ0v) is 17.7. The van der Waals surface area contributed by atoms with Gasteiger partial charge in [-0.15, -0.1) is 0 Å². The second kappa shape index (κ2) is 10.1. The topological polar surface area (TPSA) is 43.4 Å². The molecule has 0 unspecified atom stereocenters. The van der Waals surface area contributed by atoms with Crippen molar-refractivity contribution in [1.82, 2.24) is 0 Å².